The Labute approximate surface area is 158 Å². The number of para-hydroxylation sites is 1. The van der Waals surface area contributed by atoms with E-state index in [1.165, 1.54) is 6.07 Å². The molecule has 2 aliphatic rings. The van der Waals surface area contributed by atoms with Crippen LogP contribution in [0, 0.1) is 5.92 Å². The van der Waals surface area contributed by atoms with Crippen LogP contribution in [0.3, 0.4) is 0 Å². The molecule has 2 aromatic carbocycles. The van der Waals surface area contributed by atoms with Gasteiger partial charge in [0.15, 0.2) is 5.78 Å². The first-order chi connectivity index (χ1) is 12.8. The highest BCUT2D eigenvalue weighted by atomic mass is 16.6. The molecule has 1 N–H and O–H groups in total. The maximum atomic E-state index is 13.2. The fourth-order valence-corrected chi connectivity index (χ4v) is 4.29. The van der Waals surface area contributed by atoms with Gasteiger partial charge in [0.1, 0.15) is 11.4 Å². The van der Waals surface area contributed by atoms with Crippen LogP contribution >= 0.6 is 0 Å². The molecule has 3 atom stereocenters. The van der Waals surface area contributed by atoms with E-state index in [1.807, 2.05) is 45.0 Å². The molecule has 0 aromatic heterocycles. The number of hydrogen-bond acceptors (Lipinski definition) is 4. The standard InChI is InChI=1S/C22H23NO4/c1-22(2,3)27-21(26)23-17-12-16(19(23)14-9-5-4-8-13(14)17)20(25)15-10-6-7-11-18(15)24/h4-11,16-17,19,24H,12H2,1-3H3. The van der Waals surface area contributed by atoms with Crippen LogP contribution in [0.5, 0.6) is 5.75 Å². The molecule has 2 aromatic rings. The molecule has 27 heavy (non-hydrogen) atoms. The molecule has 0 radical (unpaired) electrons. The zero-order valence-corrected chi connectivity index (χ0v) is 15.7. The van der Waals surface area contributed by atoms with Crippen LogP contribution < -0.4 is 0 Å². The molecule has 0 saturated carbocycles. The van der Waals surface area contributed by atoms with E-state index in [2.05, 4.69) is 0 Å². The number of aromatic hydroxyl groups is 1. The molecule has 1 saturated heterocycles. The Balaban J connectivity index is 1.72. The van der Waals surface area contributed by atoms with E-state index in [-0.39, 0.29) is 23.6 Å². The van der Waals surface area contributed by atoms with Crippen LogP contribution in [-0.2, 0) is 4.74 Å². The van der Waals surface area contributed by atoms with Crippen molar-refractivity contribution in [3.63, 3.8) is 0 Å². The lowest BCUT2D eigenvalue weighted by molar-refractivity contribution is 0.0166. The third-order valence-electron chi connectivity index (χ3n) is 5.28. The van der Waals surface area contributed by atoms with Gasteiger partial charge in [0, 0.05) is 5.92 Å². The van der Waals surface area contributed by atoms with E-state index in [1.54, 1.807) is 23.1 Å². The minimum absolute atomic E-state index is 0.0256. The van der Waals surface area contributed by atoms with E-state index < -0.39 is 17.6 Å². The van der Waals surface area contributed by atoms with Gasteiger partial charge in [0.05, 0.1) is 17.6 Å². The third kappa shape index (κ3) is 2.87. The number of benzene rings is 2. The van der Waals surface area contributed by atoms with E-state index in [0.29, 0.717) is 12.0 Å². The lowest BCUT2D eigenvalue weighted by Gasteiger charge is -2.28. The number of ether oxygens (including phenoxy) is 1. The maximum Gasteiger partial charge on any atom is 0.411 e. The van der Waals surface area contributed by atoms with Crippen molar-refractivity contribution in [3.8, 4) is 5.75 Å². The summed E-state index contributed by atoms with van der Waals surface area (Å²) in [6, 6.07) is 13.9. The van der Waals surface area contributed by atoms with E-state index in [4.69, 9.17) is 4.74 Å². The highest BCUT2D eigenvalue weighted by Crippen LogP contribution is 2.57. The van der Waals surface area contributed by atoms with Crippen LogP contribution in [0.15, 0.2) is 48.5 Å². The Morgan fingerprint density at radius 2 is 1.67 bits per heavy atom. The Morgan fingerprint density at radius 3 is 2.33 bits per heavy atom. The quantitative estimate of drug-likeness (QED) is 0.788. The number of carbonyl (C=O) groups is 2. The monoisotopic (exact) mass is 365 g/mol. The van der Waals surface area contributed by atoms with Crippen molar-refractivity contribution in [1.82, 2.24) is 4.90 Å². The van der Waals surface area contributed by atoms with Gasteiger partial charge in [-0.1, -0.05) is 36.4 Å². The Kier molecular flexibility index (Phi) is 3.98. The number of fused-ring (bicyclic) bond motifs is 5. The second-order valence-electron chi connectivity index (χ2n) is 8.20. The summed E-state index contributed by atoms with van der Waals surface area (Å²) < 4.78 is 5.62. The molecule has 4 rings (SSSR count). The van der Waals surface area contributed by atoms with Crippen molar-refractivity contribution in [2.24, 2.45) is 5.92 Å². The lowest BCUT2D eigenvalue weighted by atomic mass is 9.80. The van der Waals surface area contributed by atoms with Crippen LogP contribution in [0.25, 0.3) is 0 Å². The summed E-state index contributed by atoms with van der Waals surface area (Å²) in [5.74, 6) is -0.559. The molecule has 1 amide bonds. The fraction of sp³-hybridized carbons (Fsp3) is 0.364. The van der Waals surface area contributed by atoms with Crippen molar-refractivity contribution in [3.05, 3.63) is 65.2 Å². The molecule has 0 aliphatic carbocycles. The molecule has 5 nitrogen and oxygen atoms in total. The number of phenols is 1. The number of carbonyl (C=O) groups excluding carboxylic acids is 2. The first-order valence-corrected chi connectivity index (χ1v) is 9.20. The summed E-state index contributed by atoms with van der Waals surface area (Å²) in [4.78, 5) is 27.8. The SMILES string of the molecule is CC(C)(C)OC(=O)N1C2CC(C(=O)c3ccccc3O)C1c1ccccc12. The smallest absolute Gasteiger partial charge is 0.411 e. The summed E-state index contributed by atoms with van der Waals surface area (Å²) in [6.45, 7) is 5.50. The first-order valence-electron chi connectivity index (χ1n) is 9.20. The first kappa shape index (κ1) is 17.6. The van der Waals surface area contributed by atoms with E-state index in [9.17, 15) is 14.7 Å². The van der Waals surface area contributed by atoms with Crippen LogP contribution in [0.1, 0.15) is 60.8 Å². The zero-order valence-electron chi connectivity index (χ0n) is 15.7. The van der Waals surface area contributed by atoms with Crippen molar-refractivity contribution in [1.29, 1.82) is 0 Å². The Morgan fingerprint density at radius 1 is 1.04 bits per heavy atom. The normalized spacial score (nSPS) is 23.2. The van der Waals surface area contributed by atoms with Gasteiger partial charge < -0.3 is 9.84 Å². The predicted octanol–water partition coefficient (Wildman–Crippen LogP) is 4.63. The van der Waals surface area contributed by atoms with Crippen molar-refractivity contribution in [2.45, 2.75) is 44.9 Å². The molecular weight excluding hydrogens is 342 g/mol. The highest BCUT2D eigenvalue weighted by Gasteiger charge is 2.55. The van der Waals surface area contributed by atoms with E-state index in [0.717, 1.165) is 11.1 Å². The van der Waals surface area contributed by atoms with Crippen molar-refractivity contribution in [2.75, 3.05) is 0 Å². The molecule has 0 spiro atoms. The van der Waals surface area contributed by atoms with Gasteiger partial charge in [-0.3, -0.25) is 9.69 Å². The van der Waals surface area contributed by atoms with Gasteiger partial charge >= 0.3 is 6.09 Å². The average Bonchev–Trinajstić information content (AvgIpc) is 3.15. The molecule has 1 fully saturated rings. The maximum absolute atomic E-state index is 13.2. The summed E-state index contributed by atoms with van der Waals surface area (Å²) in [6.07, 6.45) is 0.134. The highest BCUT2D eigenvalue weighted by molar-refractivity contribution is 6.01. The molecule has 5 heteroatoms. The van der Waals surface area contributed by atoms with Gasteiger partial charge in [-0.05, 0) is 50.5 Å². The third-order valence-corrected chi connectivity index (χ3v) is 5.28. The van der Waals surface area contributed by atoms with Gasteiger partial charge in [0.2, 0.25) is 0 Å². The number of hydrogen-bond donors (Lipinski definition) is 1. The van der Waals surface area contributed by atoms with Gasteiger partial charge in [-0.15, -0.1) is 0 Å². The van der Waals surface area contributed by atoms with Crippen LogP contribution in [0.2, 0.25) is 0 Å². The van der Waals surface area contributed by atoms with E-state index >= 15 is 0 Å². The molecule has 2 heterocycles. The number of Topliss-reactive ketones (excluding diaryl/α,β-unsaturated/α-hetero) is 1. The largest absolute Gasteiger partial charge is 0.507 e. The summed E-state index contributed by atoms with van der Waals surface area (Å²) >= 11 is 0. The minimum Gasteiger partial charge on any atom is -0.507 e. The summed E-state index contributed by atoms with van der Waals surface area (Å²) in [5.41, 5.74) is 1.77. The van der Waals surface area contributed by atoms with Crippen molar-refractivity contribution < 1.29 is 19.4 Å². The fourth-order valence-electron chi connectivity index (χ4n) is 4.29. The predicted molar refractivity (Wildman–Crippen MR) is 101 cm³/mol. The molecule has 2 bridgehead atoms. The Hall–Kier alpha value is -2.82. The van der Waals surface area contributed by atoms with Gasteiger partial charge in [-0.25, -0.2) is 4.79 Å². The van der Waals surface area contributed by atoms with Gasteiger partial charge in [-0.2, -0.15) is 0 Å². The second-order valence-corrected chi connectivity index (χ2v) is 8.20. The second kappa shape index (κ2) is 6.12. The van der Waals surface area contributed by atoms with Crippen LogP contribution in [-0.4, -0.2) is 27.5 Å². The molecule has 3 unspecified atom stereocenters. The molecular formula is C22H23NO4. The molecule has 140 valence electrons. The van der Waals surface area contributed by atoms with Gasteiger partial charge in [0.25, 0.3) is 0 Å². The lowest BCUT2D eigenvalue weighted by Crippen LogP contribution is -2.36. The summed E-state index contributed by atoms with van der Waals surface area (Å²) in [7, 11) is 0. The van der Waals surface area contributed by atoms with Crippen LogP contribution in [0.4, 0.5) is 4.79 Å². The number of nitrogens with zero attached hydrogens (tertiary/aromatic N) is 1. The number of phenolic OH excluding ortho intramolecular Hbond substituents is 1. The Bertz CT molecular complexity index is 915. The number of rotatable bonds is 2. The zero-order chi connectivity index (χ0) is 19.3. The average molecular weight is 365 g/mol. The topological polar surface area (TPSA) is 66.8 Å². The summed E-state index contributed by atoms with van der Waals surface area (Å²) in [5, 5.41) is 10.1. The number of ketones is 1. The minimum atomic E-state index is -0.609. The molecule has 2 aliphatic heterocycles. The van der Waals surface area contributed by atoms with Crippen molar-refractivity contribution >= 4 is 11.9 Å². The number of amides is 1.